The Morgan fingerprint density at radius 3 is 2.33 bits per heavy atom. The zero-order valence-electron chi connectivity index (χ0n) is 14.7. The number of halogens is 1. The van der Waals surface area contributed by atoms with Crippen LogP contribution in [0.2, 0.25) is 5.02 Å². The number of carbonyl (C=O) groups is 2. The van der Waals surface area contributed by atoms with Crippen molar-refractivity contribution < 1.29 is 22.7 Å². The lowest BCUT2D eigenvalue weighted by Crippen LogP contribution is -2.31. The van der Waals surface area contributed by atoms with Gasteiger partial charge < -0.3 is 10.1 Å². The number of hydrogen-bond acceptors (Lipinski definition) is 5. The summed E-state index contributed by atoms with van der Waals surface area (Å²) >= 11 is 5.86. The predicted octanol–water partition coefficient (Wildman–Crippen LogP) is 2.75. The van der Waals surface area contributed by atoms with Gasteiger partial charge in [-0.15, -0.1) is 0 Å². The molecule has 144 valence electrons. The number of anilines is 1. The van der Waals surface area contributed by atoms with Crippen LogP contribution in [0.15, 0.2) is 48.5 Å². The van der Waals surface area contributed by atoms with Crippen molar-refractivity contribution >= 4 is 39.2 Å². The van der Waals surface area contributed by atoms with Crippen LogP contribution in [0, 0.1) is 0 Å². The van der Waals surface area contributed by atoms with Crippen molar-refractivity contribution in [1.82, 2.24) is 4.72 Å². The summed E-state index contributed by atoms with van der Waals surface area (Å²) in [4.78, 5) is 24.3. The van der Waals surface area contributed by atoms with Crippen LogP contribution >= 0.6 is 11.6 Å². The third-order valence-electron chi connectivity index (χ3n) is 3.62. The van der Waals surface area contributed by atoms with Gasteiger partial charge in [0.15, 0.2) is 0 Å². The standard InChI is InChI=1S/C18H19ClN2O5S/c1-26-18(23)14-5-3-4-6-15(14)20-17(22)11-16(21-27(2,24)25)12-7-9-13(19)10-8-12/h3-10,16,21H,11H2,1-2H3,(H,20,22). The van der Waals surface area contributed by atoms with Gasteiger partial charge in [-0.2, -0.15) is 0 Å². The summed E-state index contributed by atoms with van der Waals surface area (Å²) in [5.41, 5.74) is 1.07. The zero-order valence-corrected chi connectivity index (χ0v) is 16.3. The maximum Gasteiger partial charge on any atom is 0.339 e. The number of nitrogens with one attached hydrogen (secondary N) is 2. The fraction of sp³-hybridized carbons (Fsp3) is 0.222. The quantitative estimate of drug-likeness (QED) is 0.683. The minimum atomic E-state index is -3.56. The molecular formula is C18H19ClN2O5S. The summed E-state index contributed by atoms with van der Waals surface area (Å²) < 4.78 is 30.5. The predicted molar refractivity (Wildman–Crippen MR) is 103 cm³/mol. The number of methoxy groups -OCH3 is 1. The van der Waals surface area contributed by atoms with E-state index in [2.05, 4.69) is 10.0 Å². The van der Waals surface area contributed by atoms with Crippen LogP contribution in [0.1, 0.15) is 28.4 Å². The molecule has 9 heteroatoms. The number of rotatable bonds is 7. The number of para-hydroxylation sites is 1. The summed E-state index contributed by atoms with van der Waals surface area (Å²) in [6.45, 7) is 0. The van der Waals surface area contributed by atoms with Gasteiger partial charge in [0.2, 0.25) is 15.9 Å². The Morgan fingerprint density at radius 1 is 1.11 bits per heavy atom. The highest BCUT2D eigenvalue weighted by atomic mass is 35.5. The Morgan fingerprint density at radius 2 is 1.74 bits per heavy atom. The van der Waals surface area contributed by atoms with Crippen LogP contribution in [-0.2, 0) is 19.6 Å². The Labute approximate surface area is 162 Å². The molecule has 0 fully saturated rings. The van der Waals surface area contributed by atoms with Gasteiger partial charge in [0.1, 0.15) is 0 Å². The average Bonchev–Trinajstić information content (AvgIpc) is 2.60. The number of benzene rings is 2. The normalized spacial score (nSPS) is 12.3. The van der Waals surface area contributed by atoms with Crippen LogP contribution in [0.4, 0.5) is 5.69 Å². The second-order valence-corrected chi connectivity index (χ2v) is 8.00. The van der Waals surface area contributed by atoms with Crippen molar-refractivity contribution in [3.8, 4) is 0 Å². The van der Waals surface area contributed by atoms with E-state index < -0.39 is 27.9 Å². The van der Waals surface area contributed by atoms with Gasteiger partial charge in [0, 0.05) is 11.4 Å². The summed E-state index contributed by atoms with van der Waals surface area (Å²) in [6.07, 6.45) is 0.838. The largest absolute Gasteiger partial charge is 0.465 e. The van der Waals surface area contributed by atoms with Crippen molar-refractivity contribution in [2.24, 2.45) is 0 Å². The average molecular weight is 411 g/mol. The minimum Gasteiger partial charge on any atom is -0.465 e. The van der Waals surface area contributed by atoms with Crippen molar-refractivity contribution in [3.63, 3.8) is 0 Å². The molecule has 0 aliphatic rings. The monoisotopic (exact) mass is 410 g/mol. The van der Waals surface area contributed by atoms with Crippen LogP contribution in [0.3, 0.4) is 0 Å². The third-order valence-corrected chi connectivity index (χ3v) is 4.59. The molecule has 0 aliphatic heterocycles. The van der Waals surface area contributed by atoms with Gasteiger partial charge in [0.25, 0.3) is 0 Å². The van der Waals surface area contributed by atoms with Gasteiger partial charge in [-0.1, -0.05) is 35.9 Å². The van der Waals surface area contributed by atoms with E-state index in [1.165, 1.54) is 13.2 Å². The van der Waals surface area contributed by atoms with E-state index in [1.807, 2.05) is 0 Å². The summed E-state index contributed by atoms with van der Waals surface area (Å²) in [5.74, 6) is -1.06. The molecule has 1 unspecified atom stereocenters. The van der Waals surface area contributed by atoms with E-state index >= 15 is 0 Å². The minimum absolute atomic E-state index is 0.176. The van der Waals surface area contributed by atoms with Crippen molar-refractivity contribution in [2.45, 2.75) is 12.5 Å². The first-order valence-electron chi connectivity index (χ1n) is 7.89. The van der Waals surface area contributed by atoms with Gasteiger partial charge in [-0.3, -0.25) is 4.79 Å². The highest BCUT2D eigenvalue weighted by Crippen LogP contribution is 2.22. The van der Waals surface area contributed by atoms with Gasteiger partial charge in [-0.25, -0.2) is 17.9 Å². The topological polar surface area (TPSA) is 102 Å². The number of ether oxygens (including phenoxy) is 1. The third kappa shape index (κ3) is 6.35. The molecule has 2 rings (SSSR count). The van der Waals surface area contributed by atoms with Gasteiger partial charge >= 0.3 is 5.97 Å². The lowest BCUT2D eigenvalue weighted by atomic mass is 10.0. The molecule has 1 amide bonds. The van der Waals surface area contributed by atoms with Gasteiger partial charge in [-0.05, 0) is 29.8 Å². The molecule has 0 bridgehead atoms. The molecule has 7 nitrogen and oxygen atoms in total. The Bertz CT molecular complexity index is 929. The van der Waals surface area contributed by atoms with Crippen LogP contribution < -0.4 is 10.0 Å². The maximum absolute atomic E-state index is 12.5. The first-order chi connectivity index (χ1) is 12.7. The van der Waals surface area contributed by atoms with E-state index in [4.69, 9.17) is 16.3 Å². The molecule has 0 saturated heterocycles. The molecule has 0 spiro atoms. The summed E-state index contributed by atoms with van der Waals surface area (Å²) in [5, 5.41) is 3.12. The molecule has 2 N–H and O–H groups in total. The fourth-order valence-electron chi connectivity index (χ4n) is 2.45. The number of amides is 1. The maximum atomic E-state index is 12.5. The van der Waals surface area contributed by atoms with E-state index in [9.17, 15) is 18.0 Å². The summed E-state index contributed by atoms with van der Waals surface area (Å²) in [6, 6.07) is 12.1. The Hall–Kier alpha value is -2.42. The van der Waals surface area contributed by atoms with Crippen LogP contribution in [0.5, 0.6) is 0 Å². The van der Waals surface area contributed by atoms with E-state index in [0.717, 1.165) is 6.26 Å². The molecule has 2 aromatic rings. The highest BCUT2D eigenvalue weighted by Gasteiger charge is 2.21. The number of esters is 1. The van der Waals surface area contributed by atoms with Crippen molar-refractivity contribution in [3.05, 3.63) is 64.7 Å². The van der Waals surface area contributed by atoms with Crippen molar-refractivity contribution in [2.75, 3.05) is 18.7 Å². The lowest BCUT2D eigenvalue weighted by molar-refractivity contribution is -0.116. The highest BCUT2D eigenvalue weighted by molar-refractivity contribution is 7.88. The zero-order chi connectivity index (χ0) is 20.0. The van der Waals surface area contributed by atoms with Crippen LogP contribution in [-0.4, -0.2) is 33.7 Å². The fourth-order valence-corrected chi connectivity index (χ4v) is 3.31. The number of hydrogen-bond donors (Lipinski definition) is 2. The van der Waals surface area contributed by atoms with E-state index in [1.54, 1.807) is 42.5 Å². The molecule has 0 heterocycles. The van der Waals surface area contributed by atoms with Crippen LogP contribution in [0.25, 0.3) is 0 Å². The molecule has 0 aromatic heterocycles. The Balaban J connectivity index is 2.21. The smallest absolute Gasteiger partial charge is 0.339 e. The first-order valence-corrected chi connectivity index (χ1v) is 10.2. The first kappa shape index (κ1) is 20.9. The molecule has 0 radical (unpaired) electrons. The SMILES string of the molecule is COC(=O)c1ccccc1NC(=O)CC(NS(C)(=O)=O)c1ccc(Cl)cc1. The molecular weight excluding hydrogens is 392 g/mol. The molecule has 1 atom stereocenters. The van der Waals surface area contributed by atoms with Gasteiger partial charge in [0.05, 0.1) is 30.7 Å². The number of sulfonamides is 1. The Kier molecular flexibility index (Phi) is 6.95. The molecule has 0 saturated carbocycles. The summed E-state index contributed by atoms with van der Waals surface area (Å²) in [7, 11) is -2.32. The van der Waals surface area contributed by atoms with E-state index in [0.29, 0.717) is 10.6 Å². The second kappa shape index (κ2) is 8.98. The van der Waals surface area contributed by atoms with E-state index in [-0.39, 0.29) is 17.7 Å². The number of carbonyl (C=O) groups excluding carboxylic acids is 2. The van der Waals surface area contributed by atoms with Crippen molar-refractivity contribution in [1.29, 1.82) is 0 Å². The molecule has 27 heavy (non-hydrogen) atoms. The lowest BCUT2D eigenvalue weighted by Gasteiger charge is -2.18. The molecule has 0 aliphatic carbocycles. The molecule has 2 aromatic carbocycles. The second-order valence-electron chi connectivity index (χ2n) is 5.78.